The van der Waals surface area contributed by atoms with Gasteiger partial charge in [0.1, 0.15) is 11.6 Å². The molecule has 0 aromatic carbocycles. The molecular formula is C14H12N4O. The van der Waals surface area contributed by atoms with Gasteiger partial charge in [0.15, 0.2) is 0 Å². The summed E-state index contributed by atoms with van der Waals surface area (Å²) < 4.78 is 0. The monoisotopic (exact) mass is 252 g/mol. The molecule has 1 unspecified atom stereocenters. The lowest BCUT2D eigenvalue weighted by molar-refractivity contribution is -0.120. The van der Waals surface area contributed by atoms with Crippen molar-refractivity contribution in [2.24, 2.45) is 0 Å². The Morgan fingerprint density at radius 1 is 1.26 bits per heavy atom. The second kappa shape index (κ2) is 3.32. The molecule has 1 aliphatic heterocycles. The van der Waals surface area contributed by atoms with Gasteiger partial charge < -0.3 is 11.1 Å². The molecule has 19 heavy (non-hydrogen) atoms. The number of carbonyl (C=O) groups excluding carboxylic acids is 1. The summed E-state index contributed by atoms with van der Waals surface area (Å²) in [4.78, 5) is 21.0. The van der Waals surface area contributed by atoms with Gasteiger partial charge in [-0.05, 0) is 24.1 Å². The zero-order valence-electron chi connectivity index (χ0n) is 10.2. The Kier molecular flexibility index (Phi) is 1.83. The minimum absolute atomic E-state index is 0.0118. The first-order valence-corrected chi connectivity index (χ1v) is 6.20. The topological polar surface area (TPSA) is 80.9 Å². The Labute approximate surface area is 109 Å². The first-order valence-electron chi connectivity index (χ1n) is 6.20. The highest BCUT2D eigenvalue weighted by Crippen LogP contribution is 2.45. The molecule has 2 aliphatic rings. The van der Waals surface area contributed by atoms with Gasteiger partial charge >= 0.3 is 0 Å². The van der Waals surface area contributed by atoms with Gasteiger partial charge in [-0.1, -0.05) is 12.1 Å². The number of nitrogen functional groups attached to an aromatic ring is 1. The maximum absolute atomic E-state index is 12.4. The van der Waals surface area contributed by atoms with Crippen LogP contribution >= 0.6 is 0 Å². The van der Waals surface area contributed by atoms with E-state index in [1.54, 1.807) is 12.3 Å². The molecule has 0 saturated heterocycles. The average Bonchev–Trinajstić information content (AvgIpc) is 2.90. The molecule has 0 saturated carbocycles. The van der Waals surface area contributed by atoms with Gasteiger partial charge in [0.05, 0.1) is 5.41 Å². The fourth-order valence-corrected chi connectivity index (χ4v) is 3.13. The molecule has 5 heteroatoms. The number of anilines is 2. The second-order valence-corrected chi connectivity index (χ2v) is 5.13. The number of rotatable bonds is 0. The summed E-state index contributed by atoms with van der Waals surface area (Å²) >= 11 is 0. The fourth-order valence-electron chi connectivity index (χ4n) is 3.13. The van der Waals surface area contributed by atoms with Crippen LogP contribution < -0.4 is 11.1 Å². The van der Waals surface area contributed by atoms with Crippen LogP contribution in [0.3, 0.4) is 0 Å². The van der Waals surface area contributed by atoms with Crippen LogP contribution in [0.15, 0.2) is 30.5 Å². The first kappa shape index (κ1) is 10.5. The summed E-state index contributed by atoms with van der Waals surface area (Å²) in [5.74, 6) is 1.19. The van der Waals surface area contributed by atoms with Gasteiger partial charge in [0, 0.05) is 23.9 Å². The number of pyridine rings is 2. The summed E-state index contributed by atoms with van der Waals surface area (Å²) in [5, 5.41) is 2.87. The van der Waals surface area contributed by atoms with Crippen LogP contribution in [0.4, 0.5) is 11.6 Å². The average molecular weight is 252 g/mol. The second-order valence-electron chi connectivity index (χ2n) is 5.13. The van der Waals surface area contributed by atoms with Crippen molar-refractivity contribution >= 4 is 17.5 Å². The first-order chi connectivity index (χ1) is 9.19. The predicted molar refractivity (Wildman–Crippen MR) is 70.6 cm³/mol. The summed E-state index contributed by atoms with van der Waals surface area (Å²) in [7, 11) is 0. The number of hydrogen-bond donors (Lipinski definition) is 2. The van der Waals surface area contributed by atoms with Crippen LogP contribution in [-0.4, -0.2) is 15.9 Å². The third-order valence-electron chi connectivity index (χ3n) is 4.04. The highest BCUT2D eigenvalue weighted by Gasteiger charge is 2.51. The van der Waals surface area contributed by atoms with Crippen molar-refractivity contribution < 1.29 is 4.79 Å². The van der Waals surface area contributed by atoms with Crippen LogP contribution in [0.5, 0.6) is 0 Å². The summed E-state index contributed by atoms with van der Waals surface area (Å²) in [6.07, 6.45) is 2.95. The number of fused-ring (bicyclic) bond motifs is 3. The summed E-state index contributed by atoms with van der Waals surface area (Å²) in [6.45, 7) is 0. The summed E-state index contributed by atoms with van der Waals surface area (Å²) in [5.41, 5.74) is 8.16. The van der Waals surface area contributed by atoms with E-state index in [9.17, 15) is 4.79 Å². The molecule has 1 amide bonds. The van der Waals surface area contributed by atoms with Gasteiger partial charge in [-0.15, -0.1) is 0 Å². The predicted octanol–water partition coefficient (Wildman–Crippen LogP) is 1.05. The standard InChI is InChI=1S/C14H12N4O/c15-11-4-3-8-6-14(7-10(8)17-11)9-2-1-5-16-12(9)18-13(14)19/h1-5H,6-7H2,(H2,15,17)(H,16,18,19). The number of aromatic nitrogens is 2. The lowest BCUT2D eigenvalue weighted by Gasteiger charge is -2.19. The molecule has 3 heterocycles. The van der Waals surface area contributed by atoms with Crippen molar-refractivity contribution in [3.05, 3.63) is 47.3 Å². The van der Waals surface area contributed by atoms with E-state index >= 15 is 0 Å². The molecule has 2 aromatic heterocycles. The Morgan fingerprint density at radius 2 is 2.16 bits per heavy atom. The Bertz CT molecular complexity index is 712. The number of nitrogens with one attached hydrogen (secondary N) is 1. The van der Waals surface area contributed by atoms with Crippen LogP contribution in [0.2, 0.25) is 0 Å². The third kappa shape index (κ3) is 1.27. The van der Waals surface area contributed by atoms with Crippen molar-refractivity contribution in [2.45, 2.75) is 18.3 Å². The van der Waals surface area contributed by atoms with Crippen molar-refractivity contribution in [3.8, 4) is 0 Å². The number of nitrogens with zero attached hydrogens (tertiary/aromatic N) is 2. The van der Waals surface area contributed by atoms with E-state index in [4.69, 9.17) is 5.73 Å². The number of nitrogens with two attached hydrogens (primary N) is 1. The van der Waals surface area contributed by atoms with Crippen molar-refractivity contribution in [2.75, 3.05) is 11.1 Å². The van der Waals surface area contributed by atoms with E-state index in [2.05, 4.69) is 15.3 Å². The van der Waals surface area contributed by atoms with Gasteiger partial charge in [-0.25, -0.2) is 9.97 Å². The van der Waals surface area contributed by atoms with Crippen molar-refractivity contribution in [1.82, 2.24) is 9.97 Å². The SMILES string of the molecule is Nc1ccc2c(n1)CC1(C2)C(=O)Nc2ncccc21. The molecule has 2 aromatic rings. The van der Waals surface area contributed by atoms with E-state index in [0.717, 1.165) is 16.8 Å². The molecule has 1 atom stereocenters. The fraction of sp³-hybridized carbons (Fsp3) is 0.214. The highest BCUT2D eigenvalue weighted by atomic mass is 16.2. The van der Waals surface area contributed by atoms with Gasteiger partial charge in [-0.2, -0.15) is 0 Å². The molecule has 5 nitrogen and oxygen atoms in total. The van der Waals surface area contributed by atoms with E-state index in [1.165, 1.54) is 0 Å². The smallest absolute Gasteiger partial charge is 0.237 e. The van der Waals surface area contributed by atoms with Gasteiger partial charge in [-0.3, -0.25) is 4.79 Å². The Morgan fingerprint density at radius 3 is 3.05 bits per heavy atom. The normalized spacial score (nSPS) is 23.3. The third-order valence-corrected chi connectivity index (χ3v) is 4.04. The molecule has 0 radical (unpaired) electrons. The molecule has 0 fully saturated rings. The van der Waals surface area contributed by atoms with Crippen LogP contribution in [0.1, 0.15) is 16.8 Å². The zero-order valence-corrected chi connectivity index (χ0v) is 10.2. The minimum atomic E-state index is -0.549. The lowest BCUT2D eigenvalue weighted by Crippen LogP contribution is -2.35. The molecule has 94 valence electrons. The van der Waals surface area contributed by atoms with Crippen LogP contribution in [0.25, 0.3) is 0 Å². The minimum Gasteiger partial charge on any atom is -0.384 e. The van der Waals surface area contributed by atoms with E-state index < -0.39 is 5.41 Å². The molecule has 1 aliphatic carbocycles. The molecule has 0 bridgehead atoms. The molecule has 4 rings (SSSR count). The largest absolute Gasteiger partial charge is 0.384 e. The highest BCUT2D eigenvalue weighted by molar-refractivity contribution is 6.06. The quantitative estimate of drug-likeness (QED) is 0.734. The number of carbonyl (C=O) groups is 1. The van der Waals surface area contributed by atoms with Crippen LogP contribution in [0, 0.1) is 0 Å². The number of amides is 1. The maximum Gasteiger partial charge on any atom is 0.237 e. The lowest BCUT2D eigenvalue weighted by atomic mass is 9.80. The van der Waals surface area contributed by atoms with E-state index in [1.807, 2.05) is 18.2 Å². The maximum atomic E-state index is 12.4. The zero-order chi connectivity index (χ0) is 13.0. The van der Waals surface area contributed by atoms with Gasteiger partial charge in [0.25, 0.3) is 0 Å². The van der Waals surface area contributed by atoms with E-state index in [0.29, 0.717) is 24.5 Å². The summed E-state index contributed by atoms with van der Waals surface area (Å²) in [6, 6.07) is 7.59. The Hall–Kier alpha value is -2.43. The molecule has 1 spiro atoms. The molecular weight excluding hydrogens is 240 g/mol. The van der Waals surface area contributed by atoms with E-state index in [-0.39, 0.29) is 5.91 Å². The van der Waals surface area contributed by atoms with Crippen molar-refractivity contribution in [1.29, 1.82) is 0 Å². The Balaban J connectivity index is 1.88. The van der Waals surface area contributed by atoms with Crippen molar-refractivity contribution in [3.63, 3.8) is 0 Å². The van der Waals surface area contributed by atoms with Crippen LogP contribution in [-0.2, 0) is 23.1 Å². The number of hydrogen-bond acceptors (Lipinski definition) is 4. The van der Waals surface area contributed by atoms with Gasteiger partial charge in [0.2, 0.25) is 5.91 Å². The molecule has 3 N–H and O–H groups in total.